The van der Waals surface area contributed by atoms with Crippen molar-refractivity contribution in [1.82, 2.24) is 0 Å². The highest BCUT2D eigenvalue weighted by Gasteiger charge is 2.59. The molecule has 0 heterocycles. The number of carbonyl (C=O) groups excluding carboxylic acids is 1. The maximum atomic E-state index is 12.9. The SMILES string of the molecule is CCCCCCCCCCCCN=Cc1ccc(OCCCCCCCC(=O)O[C@H]2CC[C@@]3(C)C(=CC[C@H]4[C@@H]5CC[C@H]([C@H](C)CCCC(C)C)[C@@]5(C)CC[C@@H]43)C2)cc1O. The Balaban J connectivity index is 0.908. The Bertz CT molecular complexity index is 1450. The van der Waals surface area contributed by atoms with E-state index in [1.165, 1.54) is 116 Å². The van der Waals surface area contributed by atoms with Gasteiger partial charge in [0.15, 0.2) is 0 Å². The highest BCUT2D eigenvalue weighted by molar-refractivity contribution is 5.83. The number of hydrogen-bond acceptors (Lipinski definition) is 5. The van der Waals surface area contributed by atoms with Crippen LogP contribution in [0.1, 0.15) is 220 Å². The minimum Gasteiger partial charge on any atom is -0.507 e. The Labute approximate surface area is 362 Å². The number of allylic oxidation sites excluding steroid dienone is 1. The van der Waals surface area contributed by atoms with Crippen LogP contribution in [0.5, 0.6) is 11.5 Å². The largest absolute Gasteiger partial charge is 0.507 e. The molecule has 0 amide bonds. The number of carbonyl (C=O) groups is 1. The second kappa shape index (κ2) is 24.4. The van der Waals surface area contributed by atoms with Crippen molar-refractivity contribution in [2.24, 2.45) is 51.3 Å². The van der Waals surface area contributed by atoms with Crippen molar-refractivity contribution >= 4 is 12.2 Å². The molecular formula is C54H89NO4. The Morgan fingerprint density at radius 1 is 0.831 bits per heavy atom. The van der Waals surface area contributed by atoms with Crippen molar-refractivity contribution in [2.45, 2.75) is 221 Å². The first-order valence-electron chi connectivity index (χ1n) is 25.4. The van der Waals surface area contributed by atoms with Gasteiger partial charge in [0, 0.05) is 37.2 Å². The van der Waals surface area contributed by atoms with Gasteiger partial charge in [-0.2, -0.15) is 0 Å². The normalized spacial score (nSPS) is 28.3. The zero-order valence-corrected chi connectivity index (χ0v) is 39.1. The number of aliphatic imine (C=N–C) groups is 1. The number of nitrogens with zero attached hydrogens (tertiary/aromatic N) is 1. The van der Waals surface area contributed by atoms with Gasteiger partial charge in [-0.15, -0.1) is 0 Å². The van der Waals surface area contributed by atoms with Gasteiger partial charge >= 0.3 is 5.97 Å². The highest BCUT2D eigenvalue weighted by atomic mass is 16.5. The van der Waals surface area contributed by atoms with Crippen molar-refractivity contribution < 1.29 is 19.4 Å². The molecular weight excluding hydrogens is 727 g/mol. The Hall–Kier alpha value is -2.30. The average molecular weight is 816 g/mol. The minimum absolute atomic E-state index is 0.00345. The first-order valence-corrected chi connectivity index (χ1v) is 25.4. The van der Waals surface area contributed by atoms with E-state index in [2.05, 4.69) is 52.6 Å². The number of phenols is 1. The molecule has 0 aromatic heterocycles. The predicted octanol–water partition coefficient (Wildman–Crippen LogP) is 15.4. The molecule has 1 aromatic carbocycles. The van der Waals surface area contributed by atoms with Crippen molar-refractivity contribution in [2.75, 3.05) is 13.2 Å². The molecule has 5 heteroatoms. The molecule has 0 aliphatic heterocycles. The van der Waals surface area contributed by atoms with Gasteiger partial charge in [-0.05, 0) is 123 Å². The molecule has 1 N–H and O–H groups in total. The molecule has 0 radical (unpaired) electrons. The monoisotopic (exact) mass is 816 g/mol. The Morgan fingerprint density at radius 3 is 2.27 bits per heavy atom. The van der Waals surface area contributed by atoms with Crippen molar-refractivity contribution in [3.05, 3.63) is 35.4 Å². The van der Waals surface area contributed by atoms with Gasteiger partial charge in [-0.3, -0.25) is 9.79 Å². The number of ether oxygens (including phenoxy) is 2. The number of rotatable bonds is 27. The van der Waals surface area contributed by atoms with Gasteiger partial charge < -0.3 is 14.6 Å². The topological polar surface area (TPSA) is 68.1 Å². The van der Waals surface area contributed by atoms with Crippen molar-refractivity contribution in [1.29, 1.82) is 0 Å². The van der Waals surface area contributed by atoms with Crippen LogP contribution in [0.15, 0.2) is 34.8 Å². The first-order chi connectivity index (χ1) is 28.5. The Morgan fingerprint density at radius 2 is 1.54 bits per heavy atom. The van der Waals surface area contributed by atoms with E-state index in [4.69, 9.17) is 9.47 Å². The molecule has 4 aliphatic carbocycles. The van der Waals surface area contributed by atoms with Crippen LogP contribution in [-0.2, 0) is 9.53 Å². The molecule has 3 fully saturated rings. The van der Waals surface area contributed by atoms with Gasteiger partial charge in [0.1, 0.15) is 17.6 Å². The maximum absolute atomic E-state index is 12.9. The van der Waals surface area contributed by atoms with E-state index in [1.54, 1.807) is 17.9 Å². The molecule has 0 bridgehead atoms. The Kier molecular flexibility index (Phi) is 19.7. The molecule has 0 spiro atoms. The lowest BCUT2D eigenvalue weighted by Crippen LogP contribution is -2.51. The summed E-state index contributed by atoms with van der Waals surface area (Å²) in [5.74, 6) is 6.04. The highest BCUT2D eigenvalue weighted by Crippen LogP contribution is 2.67. The molecule has 0 unspecified atom stereocenters. The van der Waals surface area contributed by atoms with E-state index >= 15 is 0 Å². The smallest absolute Gasteiger partial charge is 0.306 e. The van der Waals surface area contributed by atoms with Gasteiger partial charge in [0.05, 0.1) is 6.61 Å². The second-order valence-corrected chi connectivity index (χ2v) is 20.9. The molecule has 1 aromatic rings. The van der Waals surface area contributed by atoms with E-state index in [0.29, 0.717) is 29.6 Å². The summed E-state index contributed by atoms with van der Waals surface area (Å²) < 4.78 is 12.1. The number of unbranched alkanes of at least 4 members (excludes halogenated alkanes) is 13. The van der Waals surface area contributed by atoms with E-state index in [9.17, 15) is 9.90 Å². The summed E-state index contributed by atoms with van der Waals surface area (Å²) in [6.45, 7) is 16.3. The lowest BCUT2D eigenvalue weighted by atomic mass is 9.47. The summed E-state index contributed by atoms with van der Waals surface area (Å²) >= 11 is 0. The van der Waals surface area contributed by atoms with Gasteiger partial charge in [0.2, 0.25) is 0 Å². The second-order valence-electron chi connectivity index (χ2n) is 20.9. The van der Waals surface area contributed by atoms with E-state index < -0.39 is 0 Å². The van der Waals surface area contributed by atoms with Crippen molar-refractivity contribution in [3.63, 3.8) is 0 Å². The number of aromatic hydroxyl groups is 1. The number of esters is 1. The van der Waals surface area contributed by atoms with Gasteiger partial charge in [0.25, 0.3) is 0 Å². The fraction of sp³-hybridized carbons (Fsp3) is 0.815. The predicted molar refractivity (Wildman–Crippen MR) is 249 cm³/mol. The molecule has 334 valence electrons. The lowest BCUT2D eigenvalue weighted by Gasteiger charge is -2.58. The molecule has 8 atom stereocenters. The summed E-state index contributed by atoms with van der Waals surface area (Å²) in [5.41, 5.74) is 3.18. The average Bonchev–Trinajstić information content (AvgIpc) is 3.57. The van der Waals surface area contributed by atoms with Gasteiger partial charge in [-0.25, -0.2) is 0 Å². The van der Waals surface area contributed by atoms with E-state index in [-0.39, 0.29) is 17.8 Å². The summed E-state index contributed by atoms with van der Waals surface area (Å²) in [5, 5.41) is 10.5. The van der Waals surface area contributed by atoms with Crippen molar-refractivity contribution in [3.8, 4) is 11.5 Å². The molecule has 5 nitrogen and oxygen atoms in total. The summed E-state index contributed by atoms with van der Waals surface area (Å²) in [6, 6.07) is 5.52. The van der Waals surface area contributed by atoms with Crippen LogP contribution < -0.4 is 4.74 Å². The summed E-state index contributed by atoms with van der Waals surface area (Å²) in [4.78, 5) is 17.5. The number of hydrogen-bond donors (Lipinski definition) is 1. The fourth-order valence-electron chi connectivity index (χ4n) is 12.7. The first kappa shape index (κ1) is 47.7. The minimum atomic E-state index is -0.00345. The van der Waals surface area contributed by atoms with Crippen LogP contribution in [0.3, 0.4) is 0 Å². The number of fused-ring (bicyclic) bond motifs is 5. The number of benzene rings is 1. The van der Waals surface area contributed by atoms with Crippen LogP contribution in [0.2, 0.25) is 0 Å². The van der Waals surface area contributed by atoms with Crippen LogP contribution in [-0.4, -0.2) is 36.5 Å². The molecule has 3 saturated carbocycles. The summed E-state index contributed by atoms with van der Waals surface area (Å²) in [7, 11) is 0. The summed E-state index contributed by atoms with van der Waals surface area (Å²) in [6.07, 6.45) is 37.6. The van der Waals surface area contributed by atoms with E-state index in [1.807, 2.05) is 12.1 Å². The van der Waals surface area contributed by atoms with Crippen LogP contribution in [0, 0.1) is 46.3 Å². The zero-order chi connectivity index (χ0) is 42.1. The van der Waals surface area contributed by atoms with Crippen LogP contribution in [0.4, 0.5) is 0 Å². The standard InChI is InChI=1S/C54H89NO4/c1-7-8-9-10-11-12-13-14-17-20-36-55-40-43-26-28-45(39-51(43)56)58-37-21-18-15-16-19-25-52(57)59-46-32-34-53(5)44(38-46)27-29-47-49-31-30-48(42(4)24-22-23-41(2)3)54(49,6)35-33-50(47)53/h26-28,39-42,46-50,56H,7-25,29-38H2,1-6H3/t42-,46+,47+,48-,49+,50+,53+,54-/m1/s1. The molecule has 4 aliphatic rings. The van der Waals surface area contributed by atoms with E-state index in [0.717, 1.165) is 99.0 Å². The molecule has 59 heavy (non-hydrogen) atoms. The quantitative estimate of drug-likeness (QED) is 0.0416. The molecule has 5 rings (SSSR count). The third-order valence-corrected chi connectivity index (χ3v) is 16.2. The number of phenolic OH excluding ortho intramolecular Hbond substituents is 1. The fourth-order valence-corrected chi connectivity index (χ4v) is 12.7. The van der Waals surface area contributed by atoms with Crippen LogP contribution in [0.25, 0.3) is 0 Å². The maximum Gasteiger partial charge on any atom is 0.306 e. The zero-order valence-electron chi connectivity index (χ0n) is 39.1. The van der Waals surface area contributed by atoms with Gasteiger partial charge in [-0.1, -0.05) is 150 Å². The third kappa shape index (κ3) is 13.8. The lowest BCUT2D eigenvalue weighted by molar-refractivity contribution is -0.151. The molecule has 0 saturated heterocycles. The third-order valence-electron chi connectivity index (χ3n) is 16.2. The van der Waals surface area contributed by atoms with Crippen LogP contribution >= 0.6 is 0 Å².